The first-order valence-corrected chi connectivity index (χ1v) is 7.88. The van der Waals surface area contributed by atoms with E-state index in [2.05, 4.69) is 10.4 Å². The summed E-state index contributed by atoms with van der Waals surface area (Å²) in [6.45, 7) is 7.12. The maximum absolute atomic E-state index is 12.3. The Morgan fingerprint density at radius 3 is 2.57 bits per heavy atom. The van der Waals surface area contributed by atoms with Crippen LogP contribution in [0.3, 0.4) is 0 Å². The molecule has 2 rings (SSSR count). The molecule has 1 heterocycles. The van der Waals surface area contributed by atoms with Crippen molar-refractivity contribution in [2.24, 2.45) is 7.05 Å². The van der Waals surface area contributed by atoms with Crippen molar-refractivity contribution in [2.45, 2.75) is 70.7 Å². The normalized spacial score (nSPS) is 25.2. The van der Waals surface area contributed by atoms with Crippen LogP contribution in [0.15, 0.2) is 4.79 Å². The van der Waals surface area contributed by atoms with E-state index in [0.29, 0.717) is 25.1 Å². The molecule has 0 spiro atoms. The van der Waals surface area contributed by atoms with Crippen LogP contribution in [0.1, 0.15) is 51.9 Å². The molecule has 1 aliphatic carbocycles. The second-order valence-electron chi connectivity index (χ2n) is 7.12. The molecule has 1 amide bonds. The molecule has 3 unspecified atom stereocenters. The Kier molecular flexibility index (Phi) is 4.84. The van der Waals surface area contributed by atoms with Gasteiger partial charge in [0.2, 0.25) is 0 Å². The van der Waals surface area contributed by atoms with E-state index in [1.165, 1.54) is 9.25 Å². The molecule has 1 fully saturated rings. The van der Waals surface area contributed by atoms with Crippen molar-refractivity contribution in [3.8, 4) is 0 Å². The lowest BCUT2D eigenvalue weighted by atomic mass is 9.88. The molecule has 23 heavy (non-hydrogen) atoms. The predicted octanol–water partition coefficient (Wildman–Crippen LogP) is 0.869. The predicted molar refractivity (Wildman–Crippen MR) is 84.3 cm³/mol. The Morgan fingerprint density at radius 2 is 2.04 bits per heavy atom. The average Bonchev–Trinajstić information content (AvgIpc) is 2.66. The van der Waals surface area contributed by atoms with Gasteiger partial charge in [-0.3, -0.25) is 4.57 Å². The van der Waals surface area contributed by atoms with Crippen LogP contribution in [-0.4, -0.2) is 43.3 Å². The van der Waals surface area contributed by atoms with Gasteiger partial charge in [-0.05, 0) is 47.0 Å². The molecule has 1 aliphatic rings. The summed E-state index contributed by atoms with van der Waals surface area (Å²) in [5, 5.41) is 17.0. The summed E-state index contributed by atoms with van der Waals surface area (Å²) in [4.78, 5) is 24.3. The lowest BCUT2D eigenvalue weighted by molar-refractivity contribution is 0.0383. The second-order valence-corrected chi connectivity index (χ2v) is 7.12. The van der Waals surface area contributed by atoms with Crippen molar-refractivity contribution in [2.75, 3.05) is 0 Å². The molecule has 1 aromatic rings. The smallest absolute Gasteiger partial charge is 0.407 e. The number of nitrogens with one attached hydrogen (secondary N) is 1. The fourth-order valence-corrected chi connectivity index (χ4v) is 2.80. The van der Waals surface area contributed by atoms with E-state index >= 15 is 0 Å². The minimum atomic E-state index is -0.591. The maximum atomic E-state index is 12.3. The molecule has 1 aromatic heterocycles. The lowest BCUT2D eigenvalue weighted by Gasteiger charge is -2.34. The van der Waals surface area contributed by atoms with Crippen molar-refractivity contribution in [3.05, 3.63) is 16.3 Å². The van der Waals surface area contributed by atoms with Crippen molar-refractivity contribution >= 4 is 6.09 Å². The van der Waals surface area contributed by atoms with Crippen LogP contribution in [0, 0.1) is 6.92 Å². The van der Waals surface area contributed by atoms with Crippen molar-refractivity contribution in [1.82, 2.24) is 19.7 Å². The van der Waals surface area contributed by atoms with E-state index < -0.39 is 23.8 Å². The molecule has 0 aliphatic heterocycles. The maximum Gasteiger partial charge on any atom is 0.407 e. The largest absolute Gasteiger partial charge is 0.444 e. The molecule has 0 saturated heterocycles. The number of amides is 1. The van der Waals surface area contributed by atoms with Crippen LogP contribution in [0.5, 0.6) is 0 Å². The number of carbonyl (C=O) groups is 1. The highest BCUT2D eigenvalue weighted by Crippen LogP contribution is 2.28. The number of aryl methyl sites for hydroxylation is 1. The summed E-state index contributed by atoms with van der Waals surface area (Å²) in [7, 11) is 1.65. The monoisotopic (exact) mass is 326 g/mol. The third kappa shape index (κ3) is 4.13. The molecule has 0 bridgehead atoms. The van der Waals surface area contributed by atoms with Gasteiger partial charge in [0.05, 0.1) is 18.2 Å². The SMILES string of the molecule is Cc1nn(C2CC(O)CCC2NC(=O)OC(C)(C)C)c(=O)n1C. The Bertz CT molecular complexity index is 628. The Hall–Kier alpha value is -1.83. The first kappa shape index (κ1) is 17.5. The van der Waals surface area contributed by atoms with Gasteiger partial charge in [0.25, 0.3) is 0 Å². The lowest BCUT2D eigenvalue weighted by Crippen LogP contribution is -2.49. The number of hydrogen-bond donors (Lipinski definition) is 2. The van der Waals surface area contributed by atoms with E-state index in [-0.39, 0.29) is 11.7 Å². The Balaban J connectivity index is 2.21. The highest BCUT2D eigenvalue weighted by atomic mass is 16.6. The zero-order valence-corrected chi connectivity index (χ0v) is 14.4. The highest BCUT2D eigenvalue weighted by Gasteiger charge is 2.35. The number of ether oxygens (including phenoxy) is 1. The van der Waals surface area contributed by atoms with Crippen LogP contribution >= 0.6 is 0 Å². The number of alkyl carbamates (subject to hydrolysis) is 1. The number of aromatic nitrogens is 3. The van der Waals surface area contributed by atoms with Crippen molar-refractivity contribution in [3.63, 3.8) is 0 Å². The summed E-state index contributed by atoms with van der Waals surface area (Å²) in [5.74, 6) is 0.589. The molecule has 0 aromatic carbocycles. The van der Waals surface area contributed by atoms with E-state index in [1.54, 1.807) is 34.7 Å². The first-order valence-electron chi connectivity index (χ1n) is 7.88. The van der Waals surface area contributed by atoms with Gasteiger partial charge in [-0.1, -0.05) is 0 Å². The van der Waals surface area contributed by atoms with Gasteiger partial charge >= 0.3 is 11.8 Å². The topological polar surface area (TPSA) is 98.4 Å². The van der Waals surface area contributed by atoms with E-state index in [9.17, 15) is 14.7 Å². The number of rotatable bonds is 2. The summed E-state index contributed by atoms with van der Waals surface area (Å²) in [6.07, 6.45) is 0.470. The molecule has 3 atom stereocenters. The van der Waals surface area contributed by atoms with Crippen LogP contribution in [-0.2, 0) is 11.8 Å². The minimum absolute atomic E-state index is 0.252. The standard InChI is InChI=1S/C15H26N4O4/c1-9-17-19(14(22)18(9)5)12-8-10(20)6-7-11(12)16-13(21)23-15(2,3)4/h10-12,20H,6-8H2,1-5H3,(H,16,21). The van der Waals surface area contributed by atoms with E-state index in [1.807, 2.05) is 0 Å². The second kappa shape index (κ2) is 6.35. The van der Waals surface area contributed by atoms with Gasteiger partial charge in [-0.25, -0.2) is 14.3 Å². The number of aliphatic hydroxyl groups excluding tert-OH is 1. The van der Waals surface area contributed by atoms with Gasteiger partial charge in [0.1, 0.15) is 11.4 Å². The molecule has 2 N–H and O–H groups in total. The number of nitrogens with zero attached hydrogens (tertiary/aromatic N) is 3. The molecule has 8 nitrogen and oxygen atoms in total. The van der Waals surface area contributed by atoms with Crippen molar-refractivity contribution in [1.29, 1.82) is 0 Å². The zero-order chi connectivity index (χ0) is 17.4. The third-order valence-corrected chi connectivity index (χ3v) is 4.03. The summed E-state index contributed by atoms with van der Waals surface area (Å²) in [5.41, 5.74) is -0.843. The van der Waals surface area contributed by atoms with Crippen LogP contribution in [0.2, 0.25) is 0 Å². The fraction of sp³-hybridized carbons (Fsp3) is 0.800. The highest BCUT2D eigenvalue weighted by molar-refractivity contribution is 5.68. The van der Waals surface area contributed by atoms with E-state index in [0.717, 1.165) is 0 Å². The van der Waals surface area contributed by atoms with Crippen LogP contribution in [0.25, 0.3) is 0 Å². The average molecular weight is 326 g/mol. The Morgan fingerprint density at radius 1 is 1.39 bits per heavy atom. The molecule has 8 heteroatoms. The van der Waals surface area contributed by atoms with Gasteiger partial charge < -0.3 is 15.2 Å². The quantitative estimate of drug-likeness (QED) is 0.840. The third-order valence-electron chi connectivity index (χ3n) is 4.03. The molecular weight excluding hydrogens is 300 g/mol. The van der Waals surface area contributed by atoms with Gasteiger partial charge in [0, 0.05) is 7.05 Å². The van der Waals surface area contributed by atoms with Crippen LogP contribution in [0.4, 0.5) is 4.79 Å². The number of hydrogen-bond acceptors (Lipinski definition) is 5. The van der Waals surface area contributed by atoms with Crippen molar-refractivity contribution < 1.29 is 14.6 Å². The zero-order valence-electron chi connectivity index (χ0n) is 14.4. The number of carbonyl (C=O) groups excluding carboxylic acids is 1. The van der Waals surface area contributed by atoms with Gasteiger partial charge in [-0.15, -0.1) is 0 Å². The molecule has 0 radical (unpaired) electrons. The Labute approximate surface area is 135 Å². The molecular formula is C15H26N4O4. The molecule has 130 valence electrons. The fourth-order valence-electron chi connectivity index (χ4n) is 2.80. The minimum Gasteiger partial charge on any atom is -0.444 e. The summed E-state index contributed by atoms with van der Waals surface area (Å²) >= 11 is 0. The summed E-state index contributed by atoms with van der Waals surface area (Å²) < 4.78 is 8.10. The van der Waals surface area contributed by atoms with Crippen LogP contribution < -0.4 is 11.0 Å². The van der Waals surface area contributed by atoms with E-state index in [4.69, 9.17) is 4.74 Å². The first-order chi connectivity index (χ1) is 10.6. The number of aliphatic hydroxyl groups is 1. The summed E-state index contributed by atoms with van der Waals surface area (Å²) in [6, 6.07) is -0.695. The van der Waals surface area contributed by atoms with Gasteiger partial charge in [-0.2, -0.15) is 5.10 Å². The van der Waals surface area contributed by atoms with Gasteiger partial charge in [0.15, 0.2) is 0 Å². The molecule has 1 saturated carbocycles.